The largest absolute Gasteiger partial charge is 0.396 e. The first-order valence-corrected chi connectivity index (χ1v) is 7.59. The lowest BCUT2D eigenvalue weighted by Crippen LogP contribution is -2.36. The summed E-state index contributed by atoms with van der Waals surface area (Å²) in [6, 6.07) is 10.1. The first-order valence-electron chi connectivity index (χ1n) is 7.59. The Morgan fingerprint density at radius 3 is 2.76 bits per heavy atom. The van der Waals surface area contributed by atoms with Crippen LogP contribution < -0.4 is 0 Å². The van der Waals surface area contributed by atoms with Gasteiger partial charge in [0.05, 0.1) is 13.2 Å². The number of aliphatic hydroxyl groups is 1. The van der Waals surface area contributed by atoms with Crippen molar-refractivity contribution in [1.82, 2.24) is 0 Å². The summed E-state index contributed by atoms with van der Waals surface area (Å²) in [5, 5.41) is 9.88. The highest BCUT2D eigenvalue weighted by molar-refractivity contribution is 5.17. The Balaban J connectivity index is 1.99. The Morgan fingerprint density at radius 2 is 2.14 bits per heavy atom. The quantitative estimate of drug-likeness (QED) is 0.784. The molecule has 1 aliphatic rings. The van der Waals surface area contributed by atoms with Crippen molar-refractivity contribution in [3.8, 4) is 12.3 Å². The summed E-state index contributed by atoms with van der Waals surface area (Å²) in [7, 11) is 0. The maximum atomic E-state index is 9.88. The molecule has 3 nitrogen and oxygen atoms in total. The molecule has 1 heterocycles. The average Bonchev–Trinajstić information content (AvgIpc) is 2.55. The molecule has 3 heteroatoms. The van der Waals surface area contributed by atoms with E-state index in [9.17, 15) is 5.11 Å². The molecule has 0 aliphatic carbocycles. The van der Waals surface area contributed by atoms with Gasteiger partial charge in [0.25, 0.3) is 0 Å². The molecule has 0 spiro atoms. The second-order valence-electron chi connectivity index (χ2n) is 5.81. The van der Waals surface area contributed by atoms with Crippen LogP contribution in [0.5, 0.6) is 0 Å². The van der Waals surface area contributed by atoms with Gasteiger partial charge in [-0.2, -0.15) is 0 Å². The molecule has 2 rings (SSSR count). The summed E-state index contributed by atoms with van der Waals surface area (Å²) in [5.41, 5.74) is 0.728. The Labute approximate surface area is 127 Å². The van der Waals surface area contributed by atoms with Crippen molar-refractivity contribution in [2.24, 2.45) is 5.41 Å². The molecule has 0 aromatic heterocycles. The molecule has 1 aromatic rings. The zero-order valence-electron chi connectivity index (χ0n) is 12.5. The van der Waals surface area contributed by atoms with E-state index in [2.05, 4.69) is 18.1 Å². The number of hydrogen-bond donors (Lipinski definition) is 1. The standard InChI is InChI=1S/C18H24O3/c1-2-11-18(14-19,13-16-8-4-3-5-9-16)15-21-17-10-6-7-12-20-17/h1,3-5,8-9,17,19H,6-7,10-15H2. The molecule has 0 bridgehead atoms. The van der Waals surface area contributed by atoms with Crippen LogP contribution in [0.15, 0.2) is 30.3 Å². The first-order chi connectivity index (χ1) is 10.3. The minimum atomic E-state index is -0.434. The normalized spacial score (nSPS) is 21.4. The van der Waals surface area contributed by atoms with Gasteiger partial charge >= 0.3 is 0 Å². The minimum Gasteiger partial charge on any atom is -0.396 e. The van der Waals surface area contributed by atoms with Gasteiger partial charge in [0.1, 0.15) is 0 Å². The third kappa shape index (κ3) is 4.86. The molecule has 2 unspecified atom stereocenters. The Morgan fingerprint density at radius 1 is 1.33 bits per heavy atom. The lowest BCUT2D eigenvalue weighted by atomic mass is 9.80. The van der Waals surface area contributed by atoms with E-state index in [4.69, 9.17) is 15.9 Å². The highest BCUT2D eigenvalue weighted by atomic mass is 16.7. The van der Waals surface area contributed by atoms with Crippen LogP contribution in [0, 0.1) is 17.8 Å². The fourth-order valence-corrected chi connectivity index (χ4v) is 2.68. The summed E-state index contributed by atoms with van der Waals surface area (Å²) in [6.07, 6.45) is 9.70. The first kappa shape index (κ1) is 16.0. The lowest BCUT2D eigenvalue weighted by molar-refractivity contribution is -0.182. The summed E-state index contributed by atoms with van der Waals surface area (Å²) in [6.45, 7) is 1.19. The van der Waals surface area contributed by atoms with Crippen molar-refractivity contribution in [3.05, 3.63) is 35.9 Å². The fourth-order valence-electron chi connectivity index (χ4n) is 2.68. The van der Waals surface area contributed by atoms with Crippen LogP contribution >= 0.6 is 0 Å². The van der Waals surface area contributed by atoms with E-state index in [0.29, 0.717) is 19.4 Å². The van der Waals surface area contributed by atoms with E-state index in [1.165, 1.54) is 0 Å². The Bertz CT molecular complexity index is 445. The molecular weight excluding hydrogens is 264 g/mol. The molecule has 1 N–H and O–H groups in total. The van der Waals surface area contributed by atoms with Gasteiger partial charge in [0.2, 0.25) is 0 Å². The second-order valence-corrected chi connectivity index (χ2v) is 5.81. The van der Waals surface area contributed by atoms with E-state index < -0.39 is 5.41 Å². The lowest BCUT2D eigenvalue weighted by Gasteiger charge is -2.33. The van der Waals surface area contributed by atoms with Gasteiger partial charge in [-0.05, 0) is 31.2 Å². The van der Waals surface area contributed by atoms with Crippen molar-refractivity contribution in [2.45, 2.75) is 38.4 Å². The van der Waals surface area contributed by atoms with Crippen molar-refractivity contribution in [2.75, 3.05) is 19.8 Å². The summed E-state index contributed by atoms with van der Waals surface area (Å²) < 4.78 is 11.5. The minimum absolute atomic E-state index is 0.0127. The van der Waals surface area contributed by atoms with E-state index in [-0.39, 0.29) is 12.9 Å². The monoisotopic (exact) mass is 288 g/mol. The zero-order chi connectivity index (χ0) is 15.0. The van der Waals surface area contributed by atoms with Crippen molar-refractivity contribution in [1.29, 1.82) is 0 Å². The number of ether oxygens (including phenoxy) is 2. The van der Waals surface area contributed by atoms with Crippen LogP contribution in [0.4, 0.5) is 0 Å². The van der Waals surface area contributed by atoms with Gasteiger partial charge in [-0.3, -0.25) is 0 Å². The summed E-state index contributed by atoms with van der Waals surface area (Å²) in [4.78, 5) is 0. The molecule has 114 valence electrons. The Kier molecular flexibility index (Phi) is 6.25. The predicted molar refractivity (Wildman–Crippen MR) is 82.7 cm³/mol. The third-order valence-electron chi connectivity index (χ3n) is 3.95. The average molecular weight is 288 g/mol. The van der Waals surface area contributed by atoms with Crippen molar-refractivity contribution >= 4 is 0 Å². The molecule has 1 fully saturated rings. The Hall–Kier alpha value is -1.34. The second kappa shape index (κ2) is 8.19. The molecule has 21 heavy (non-hydrogen) atoms. The highest BCUT2D eigenvalue weighted by Crippen LogP contribution is 2.28. The smallest absolute Gasteiger partial charge is 0.157 e. The SMILES string of the molecule is C#CCC(CO)(COC1CCCCO1)Cc1ccccc1. The van der Waals surface area contributed by atoms with Crippen LogP contribution in [-0.2, 0) is 15.9 Å². The van der Waals surface area contributed by atoms with Gasteiger partial charge in [-0.1, -0.05) is 30.3 Å². The summed E-state index contributed by atoms with van der Waals surface area (Å²) >= 11 is 0. The molecular formula is C18H24O3. The molecule has 1 saturated heterocycles. The van der Waals surface area contributed by atoms with Gasteiger partial charge in [0, 0.05) is 18.4 Å². The van der Waals surface area contributed by atoms with E-state index in [1.807, 2.05) is 18.2 Å². The highest BCUT2D eigenvalue weighted by Gasteiger charge is 2.31. The van der Waals surface area contributed by atoms with Crippen LogP contribution in [0.3, 0.4) is 0 Å². The molecule has 0 amide bonds. The van der Waals surface area contributed by atoms with Crippen LogP contribution in [-0.4, -0.2) is 31.2 Å². The van der Waals surface area contributed by atoms with Gasteiger partial charge in [0.15, 0.2) is 6.29 Å². The maximum Gasteiger partial charge on any atom is 0.157 e. The number of rotatable bonds is 7. The van der Waals surface area contributed by atoms with Gasteiger partial charge < -0.3 is 14.6 Å². The van der Waals surface area contributed by atoms with Gasteiger partial charge in [-0.15, -0.1) is 12.3 Å². The fraction of sp³-hybridized carbons (Fsp3) is 0.556. The summed E-state index contributed by atoms with van der Waals surface area (Å²) in [5.74, 6) is 2.69. The number of aliphatic hydroxyl groups excluding tert-OH is 1. The molecule has 0 saturated carbocycles. The van der Waals surface area contributed by atoms with Crippen molar-refractivity contribution < 1.29 is 14.6 Å². The maximum absolute atomic E-state index is 9.88. The predicted octanol–water partition coefficient (Wildman–Crippen LogP) is 2.77. The van der Waals surface area contributed by atoms with Crippen LogP contribution in [0.2, 0.25) is 0 Å². The number of hydrogen-bond acceptors (Lipinski definition) is 3. The molecule has 1 aromatic carbocycles. The van der Waals surface area contributed by atoms with E-state index in [0.717, 1.165) is 31.4 Å². The van der Waals surface area contributed by atoms with Crippen LogP contribution in [0.1, 0.15) is 31.2 Å². The number of terminal acetylenes is 1. The van der Waals surface area contributed by atoms with Gasteiger partial charge in [-0.25, -0.2) is 0 Å². The number of benzene rings is 1. The molecule has 1 aliphatic heterocycles. The van der Waals surface area contributed by atoms with Crippen LogP contribution in [0.25, 0.3) is 0 Å². The zero-order valence-corrected chi connectivity index (χ0v) is 12.5. The van der Waals surface area contributed by atoms with E-state index in [1.54, 1.807) is 0 Å². The molecule has 2 atom stereocenters. The third-order valence-corrected chi connectivity index (χ3v) is 3.95. The van der Waals surface area contributed by atoms with E-state index >= 15 is 0 Å². The molecule has 0 radical (unpaired) electrons. The van der Waals surface area contributed by atoms with Crippen molar-refractivity contribution in [3.63, 3.8) is 0 Å². The topological polar surface area (TPSA) is 38.7 Å².